The molecule has 2 atom stereocenters. The number of carbonyl (C=O) groups excluding carboxylic acids is 1. The van der Waals surface area contributed by atoms with Crippen molar-refractivity contribution in [2.45, 2.75) is 31.1 Å². The maximum Gasteiger partial charge on any atom is 0.252 e. The Morgan fingerprint density at radius 1 is 1.56 bits per heavy atom. The number of carbonyl (C=O) groups is 1. The predicted molar refractivity (Wildman–Crippen MR) is 68.3 cm³/mol. The molecule has 1 aromatic rings. The van der Waals surface area contributed by atoms with Gasteiger partial charge in [-0.25, -0.2) is 0 Å². The van der Waals surface area contributed by atoms with Crippen molar-refractivity contribution < 1.29 is 4.79 Å². The topological polar surface area (TPSA) is 29.1 Å². The number of rotatable bonds is 3. The zero-order valence-corrected chi connectivity index (χ0v) is 10.7. The normalized spacial score (nSPS) is 25.3. The molecule has 0 aromatic carbocycles. The SMILES string of the molecule is O=C(NCC1CCCC(Cl)C1)c1ccsc1. The van der Waals surface area contributed by atoms with Gasteiger partial charge in [-0.15, -0.1) is 11.6 Å². The van der Waals surface area contributed by atoms with Crippen molar-refractivity contribution in [3.05, 3.63) is 22.4 Å². The average molecular weight is 258 g/mol. The number of halogens is 1. The summed E-state index contributed by atoms with van der Waals surface area (Å²) in [7, 11) is 0. The summed E-state index contributed by atoms with van der Waals surface area (Å²) in [6.45, 7) is 0.762. The van der Waals surface area contributed by atoms with Crippen LogP contribution in [0.3, 0.4) is 0 Å². The van der Waals surface area contributed by atoms with Gasteiger partial charge < -0.3 is 5.32 Å². The van der Waals surface area contributed by atoms with Gasteiger partial charge in [0.25, 0.3) is 5.91 Å². The first-order chi connectivity index (χ1) is 7.75. The molecule has 0 bridgehead atoms. The summed E-state index contributed by atoms with van der Waals surface area (Å²) < 4.78 is 0. The van der Waals surface area contributed by atoms with Gasteiger partial charge in [-0.2, -0.15) is 11.3 Å². The summed E-state index contributed by atoms with van der Waals surface area (Å²) in [4.78, 5) is 11.7. The van der Waals surface area contributed by atoms with Crippen LogP contribution in [-0.4, -0.2) is 17.8 Å². The molecule has 1 fully saturated rings. The summed E-state index contributed by atoms with van der Waals surface area (Å²) >= 11 is 7.66. The lowest BCUT2D eigenvalue weighted by molar-refractivity contribution is 0.0944. The highest BCUT2D eigenvalue weighted by Gasteiger charge is 2.20. The molecule has 0 radical (unpaired) electrons. The maximum atomic E-state index is 11.7. The van der Waals surface area contributed by atoms with E-state index in [4.69, 9.17) is 11.6 Å². The van der Waals surface area contributed by atoms with Gasteiger partial charge in [0.15, 0.2) is 0 Å². The molecule has 2 rings (SSSR count). The van der Waals surface area contributed by atoms with E-state index in [0.29, 0.717) is 11.3 Å². The van der Waals surface area contributed by atoms with Crippen molar-refractivity contribution in [3.8, 4) is 0 Å². The zero-order chi connectivity index (χ0) is 11.4. The summed E-state index contributed by atoms with van der Waals surface area (Å²) in [6, 6.07) is 1.85. The van der Waals surface area contributed by atoms with Gasteiger partial charge in [-0.05, 0) is 36.6 Å². The molecule has 1 heterocycles. The van der Waals surface area contributed by atoms with E-state index < -0.39 is 0 Å². The minimum atomic E-state index is 0.0398. The van der Waals surface area contributed by atoms with Crippen LogP contribution in [0.5, 0.6) is 0 Å². The van der Waals surface area contributed by atoms with Gasteiger partial charge in [-0.3, -0.25) is 4.79 Å². The second-order valence-electron chi connectivity index (χ2n) is 4.35. The third-order valence-electron chi connectivity index (χ3n) is 3.05. The molecule has 0 spiro atoms. The third-order valence-corrected chi connectivity index (χ3v) is 4.13. The van der Waals surface area contributed by atoms with E-state index in [1.54, 1.807) is 11.3 Å². The highest BCUT2D eigenvalue weighted by molar-refractivity contribution is 7.08. The molecule has 1 amide bonds. The second kappa shape index (κ2) is 5.69. The van der Waals surface area contributed by atoms with Gasteiger partial charge in [0, 0.05) is 22.9 Å². The largest absolute Gasteiger partial charge is 0.352 e. The van der Waals surface area contributed by atoms with Crippen LogP contribution in [0, 0.1) is 5.92 Å². The molecule has 1 saturated carbocycles. The van der Waals surface area contributed by atoms with Crippen LogP contribution >= 0.6 is 22.9 Å². The van der Waals surface area contributed by atoms with E-state index in [0.717, 1.165) is 24.9 Å². The molecule has 2 unspecified atom stereocenters. The fraction of sp³-hybridized carbons (Fsp3) is 0.583. The predicted octanol–water partition coefficient (Wildman–Crippen LogP) is 3.28. The molecule has 1 aromatic heterocycles. The second-order valence-corrected chi connectivity index (χ2v) is 5.75. The smallest absolute Gasteiger partial charge is 0.252 e. The Balaban J connectivity index is 1.77. The van der Waals surface area contributed by atoms with Crippen molar-refractivity contribution in [1.29, 1.82) is 0 Å². The summed E-state index contributed by atoms with van der Waals surface area (Å²) in [6.07, 6.45) is 4.53. The molecule has 1 N–H and O–H groups in total. The molecule has 16 heavy (non-hydrogen) atoms. The quantitative estimate of drug-likeness (QED) is 0.828. The first-order valence-electron chi connectivity index (χ1n) is 5.70. The van der Waals surface area contributed by atoms with Crippen molar-refractivity contribution in [1.82, 2.24) is 5.32 Å². The summed E-state index contributed by atoms with van der Waals surface area (Å²) in [5, 5.41) is 7.08. The molecule has 4 heteroatoms. The minimum Gasteiger partial charge on any atom is -0.352 e. The molecule has 88 valence electrons. The molecule has 0 saturated heterocycles. The number of hydrogen-bond donors (Lipinski definition) is 1. The Morgan fingerprint density at radius 2 is 2.44 bits per heavy atom. The molecule has 2 nitrogen and oxygen atoms in total. The lowest BCUT2D eigenvalue weighted by Gasteiger charge is -2.25. The minimum absolute atomic E-state index is 0.0398. The zero-order valence-electron chi connectivity index (χ0n) is 9.12. The first-order valence-corrected chi connectivity index (χ1v) is 7.08. The van der Waals surface area contributed by atoms with Gasteiger partial charge in [0.05, 0.1) is 0 Å². The fourth-order valence-corrected chi connectivity index (χ4v) is 3.19. The van der Waals surface area contributed by atoms with Crippen LogP contribution in [0.2, 0.25) is 0 Å². The van der Waals surface area contributed by atoms with E-state index in [2.05, 4.69) is 5.32 Å². The van der Waals surface area contributed by atoms with E-state index in [-0.39, 0.29) is 5.91 Å². The maximum absolute atomic E-state index is 11.7. The molecule has 0 aliphatic heterocycles. The van der Waals surface area contributed by atoms with Crippen LogP contribution in [0.1, 0.15) is 36.0 Å². The number of thiophene rings is 1. The molecular weight excluding hydrogens is 242 g/mol. The Labute approximate surface area is 105 Å². The first kappa shape index (κ1) is 11.9. The number of hydrogen-bond acceptors (Lipinski definition) is 2. The van der Waals surface area contributed by atoms with Crippen molar-refractivity contribution in [2.75, 3.05) is 6.54 Å². The molecule has 1 aliphatic rings. The van der Waals surface area contributed by atoms with Gasteiger partial charge in [0.2, 0.25) is 0 Å². The average Bonchev–Trinajstić information content (AvgIpc) is 2.79. The van der Waals surface area contributed by atoms with E-state index in [1.807, 2.05) is 16.8 Å². The summed E-state index contributed by atoms with van der Waals surface area (Å²) in [5.74, 6) is 0.594. The Kier molecular flexibility index (Phi) is 4.24. The third kappa shape index (κ3) is 3.22. The highest BCUT2D eigenvalue weighted by Crippen LogP contribution is 2.27. The van der Waals surface area contributed by atoms with E-state index in [9.17, 15) is 4.79 Å². The Hall–Kier alpha value is -0.540. The monoisotopic (exact) mass is 257 g/mol. The fourth-order valence-electron chi connectivity index (χ4n) is 2.14. The van der Waals surface area contributed by atoms with Gasteiger partial charge >= 0.3 is 0 Å². The van der Waals surface area contributed by atoms with Gasteiger partial charge in [-0.1, -0.05) is 6.42 Å². The van der Waals surface area contributed by atoms with Crippen LogP contribution in [0.25, 0.3) is 0 Å². The van der Waals surface area contributed by atoms with Crippen LogP contribution in [-0.2, 0) is 0 Å². The lowest BCUT2D eigenvalue weighted by atomic mass is 9.89. The number of amides is 1. The van der Waals surface area contributed by atoms with E-state index >= 15 is 0 Å². The van der Waals surface area contributed by atoms with Gasteiger partial charge in [0.1, 0.15) is 0 Å². The van der Waals surface area contributed by atoms with Crippen LogP contribution < -0.4 is 5.32 Å². The Bertz CT molecular complexity index is 339. The Morgan fingerprint density at radius 3 is 3.12 bits per heavy atom. The lowest BCUT2D eigenvalue weighted by Crippen LogP contribution is -2.31. The number of nitrogens with one attached hydrogen (secondary N) is 1. The molecule has 1 aliphatic carbocycles. The van der Waals surface area contributed by atoms with Crippen molar-refractivity contribution >= 4 is 28.8 Å². The van der Waals surface area contributed by atoms with Crippen molar-refractivity contribution in [3.63, 3.8) is 0 Å². The van der Waals surface area contributed by atoms with Crippen LogP contribution in [0.4, 0.5) is 0 Å². The standard InChI is InChI=1S/C12H16ClNOS/c13-11-3-1-2-9(6-11)7-14-12(15)10-4-5-16-8-10/h4-5,8-9,11H,1-3,6-7H2,(H,14,15). The van der Waals surface area contributed by atoms with E-state index in [1.165, 1.54) is 12.8 Å². The summed E-state index contributed by atoms with van der Waals surface area (Å²) in [5.41, 5.74) is 0.767. The van der Waals surface area contributed by atoms with Crippen LogP contribution in [0.15, 0.2) is 16.8 Å². The molecular formula is C12H16ClNOS. The highest BCUT2D eigenvalue weighted by atomic mass is 35.5. The van der Waals surface area contributed by atoms with Crippen molar-refractivity contribution in [2.24, 2.45) is 5.92 Å². The number of alkyl halides is 1.